The van der Waals surface area contributed by atoms with Crippen molar-refractivity contribution < 1.29 is 9.59 Å². The summed E-state index contributed by atoms with van der Waals surface area (Å²) in [6, 6.07) is 16.8. The summed E-state index contributed by atoms with van der Waals surface area (Å²) in [5.74, 6) is 0.847. The van der Waals surface area contributed by atoms with Crippen LogP contribution in [-0.4, -0.2) is 34.6 Å². The highest BCUT2D eigenvalue weighted by atomic mass is 35.5. The van der Waals surface area contributed by atoms with Crippen LogP contribution < -0.4 is 5.32 Å². The predicted molar refractivity (Wildman–Crippen MR) is 117 cm³/mol. The van der Waals surface area contributed by atoms with Crippen LogP contribution in [0.1, 0.15) is 31.9 Å². The topological polar surface area (TPSA) is 49.4 Å². The lowest BCUT2D eigenvalue weighted by molar-refractivity contribution is -0.138. The number of hydrogen-bond donors (Lipinski definition) is 1. The van der Waals surface area contributed by atoms with E-state index >= 15 is 0 Å². The monoisotopic (exact) mass is 418 g/mol. The molecule has 0 aliphatic heterocycles. The Bertz CT molecular complexity index is 766. The van der Waals surface area contributed by atoms with E-state index in [-0.39, 0.29) is 17.9 Å². The molecule has 0 fully saturated rings. The molecule has 0 aromatic heterocycles. The SMILES string of the molecule is CC(C)NC(=O)C(C)N(Cc1ccccc1)C(=O)CSCc1ccc(Cl)cc1. The van der Waals surface area contributed by atoms with Gasteiger partial charge in [0.25, 0.3) is 0 Å². The standard InChI is InChI=1S/C22H27ClN2O2S/c1-16(2)24-22(27)17(3)25(13-18-7-5-4-6-8-18)21(26)15-28-14-19-9-11-20(23)12-10-19/h4-12,16-17H,13-15H2,1-3H3,(H,24,27). The highest BCUT2D eigenvalue weighted by Crippen LogP contribution is 2.17. The van der Waals surface area contributed by atoms with Crippen LogP contribution in [0.2, 0.25) is 5.02 Å². The van der Waals surface area contributed by atoms with Gasteiger partial charge in [-0.3, -0.25) is 9.59 Å². The van der Waals surface area contributed by atoms with E-state index in [1.165, 1.54) is 11.8 Å². The average molecular weight is 419 g/mol. The third kappa shape index (κ3) is 7.21. The molecule has 2 amide bonds. The minimum atomic E-state index is -0.536. The van der Waals surface area contributed by atoms with Gasteiger partial charge in [0.1, 0.15) is 6.04 Å². The lowest BCUT2D eigenvalue weighted by Gasteiger charge is -2.29. The molecule has 0 saturated carbocycles. The number of nitrogens with zero attached hydrogens (tertiary/aromatic N) is 1. The molecule has 2 rings (SSSR count). The van der Waals surface area contributed by atoms with E-state index in [4.69, 9.17) is 11.6 Å². The van der Waals surface area contributed by atoms with Gasteiger partial charge < -0.3 is 10.2 Å². The largest absolute Gasteiger partial charge is 0.352 e. The van der Waals surface area contributed by atoms with Gasteiger partial charge in [-0.05, 0) is 44.0 Å². The third-order valence-electron chi connectivity index (χ3n) is 4.20. The maximum absolute atomic E-state index is 12.9. The van der Waals surface area contributed by atoms with Crippen LogP contribution in [0, 0.1) is 0 Å². The van der Waals surface area contributed by atoms with E-state index < -0.39 is 6.04 Å². The number of nitrogens with one attached hydrogen (secondary N) is 1. The number of carbonyl (C=O) groups is 2. The predicted octanol–water partition coefficient (Wildman–Crippen LogP) is 4.52. The third-order valence-corrected chi connectivity index (χ3v) is 5.44. The van der Waals surface area contributed by atoms with Gasteiger partial charge in [-0.15, -0.1) is 11.8 Å². The van der Waals surface area contributed by atoms with Crippen LogP contribution in [0.25, 0.3) is 0 Å². The van der Waals surface area contributed by atoms with Crippen LogP contribution in [0.3, 0.4) is 0 Å². The summed E-state index contributed by atoms with van der Waals surface area (Å²) in [6.45, 7) is 6.02. The van der Waals surface area contributed by atoms with E-state index in [1.807, 2.05) is 68.4 Å². The van der Waals surface area contributed by atoms with Crippen molar-refractivity contribution in [2.75, 3.05) is 5.75 Å². The molecule has 1 N–H and O–H groups in total. The van der Waals surface area contributed by atoms with Gasteiger partial charge in [0.15, 0.2) is 0 Å². The Balaban J connectivity index is 2.02. The number of halogens is 1. The van der Waals surface area contributed by atoms with Gasteiger partial charge >= 0.3 is 0 Å². The van der Waals surface area contributed by atoms with Crippen LogP contribution in [0.4, 0.5) is 0 Å². The fourth-order valence-corrected chi connectivity index (χ4v) is 3.68. The van der Waals surface area contributed by atoms with E-state index in [0.717, 1.165) is 11.1 Å². The molecule has 0 radical (unpaired) electrons. The van der Waals surface area contributed by atoms with Crippen LogP contribution >= 0.6 is 23.4 Å². The molecular formula is C22H27ClN2O2S. The van der Waals surface area contributed by atoms with E-state index in [1.54, 1.807) is 11.8 Å². The van der Waals surface area contributed by atoms with Crippen LogP contribution in [0.5, 0.6) is 0 Å². The smallest absolute Gasteiger partial charge is 0.242 e. The van der Waals surface area contributed by atoms with Crippen molar-refractivity contribution in [1.82, 2.24) is 10.2 Å². The summed E-state index contributed by atoms with van der Waals surface area (Å²) in [5.41, 5.74) is 2.12. The summed E-state index contributed by atoms with van der Waals surface area (Å²) < 4.78 is 0. The summed E-state index contributed by atoms with van der Waals surface area (Å²) >= 11 is 7.45. The van der Waals surface area contributed by atoms with Gasteiger partial charge in [-0.1, -0.05) is 54.1 Å². The number of carbonyl (C=O) groups excluding carboxylic acids is 2. The normalized spacial score (nSPS) is 11.9. The van der Waals surface area contributed by atoms with Crippen LogP contribution in [-0.2, 0) is 21.9 Å². The zero-order chi connectivity index (χ0) is 20.5. The van der Waals surface area contributed by atoms with E-state index in [9.17, 15) is 9.59 Å². The molecule has 1 atom stereocenters. The van der Waals surface area contributed by atoms with Crippen molar-refractivity contribution in [1.29, 1.82) is 0 Å². The maximum Gasteiger partial charge on any atom is 0.242 e. The number of thioether (sulfide) groups is 1. The van der Waals surface area contributed by atoms with Crippen molar-refractivity contribution in [2.24, 2.45) is 0 Å². The zero-order valence-electron chi connectivity index (χ0n) is 16.5. The van der Waals surface area contributed by atoms with Crippen molar-refractivity contribution in [3.63, 3.8) is 0 Å². The molecule has 6 heteroatoms. The van der Waals surface area contributed by atoms with Gasteiger partial charge in [-0.25, -0.2) is 0 Å². The van der Waals surface area contributed by atoms with Crippen molar-refractivity contribution in [2.45, 2.75) is 45.2 Å². The Morgan fingerprint density at radius 3 is 2.25 bits per heavy atom. The second-order valence-electron chi connectivity index (χ2n) is 6.97. The second-order valence-corrected chi connectivity index (χ2v) is 8.39. The van der Waals surface area contributed by atoms with Crippen molar-refractivity contribution in [3.8, 4) is 0 Å². The van der Waals surface area contributed by atoms with Crippen LogP contribution in [0.15, 0.2) is 54.6 Å². The Kier molecular flexibility index (Phi) is 8.87. The summed E-state index contributed by atoms with van der Waals surface area (Å²) in [4.78, 5) is 27.1. The molecule has 0 aliphatic rings. The number of benzene rings is 2. The van der Waals surface area contributed by atoms with Crippen molar-refractivity contribution in [3.05, 3.63) is 70.7 Å². The molecule has 4 nitrogen and oxygen atoms in total. The lowest BCUT2D eigenvalue weighted by Crippen LogP contribution is -2.49. The maximum atomic E-state index is 12.9. The lowest BCUT2D eigenvalue weighted by atomic mass is 10.1. The Hall–Kier alpha value is -1.98. The van der Waals surface area contributed by atoms with Crippen molar-refractivity contribution >= 4 is 35.2 Å². The second kappa shape index (κ2) is 11.1. The molecule has 0 saturated heterocycles. The van der Waals surface area contributed by atoms with E-state index in [0.29, 0.717) is 23.1 Å². The first-order chi connectivity index (χ1) is 13.4. The molecule has 0 aliphatic carbocycles. The van der Waals surface area contributed by atoms with Gasteiger partial charge in [0, 0.05) is 23.4 Å². The fourth-order valence-electron chi connectivity index (χ4n) is 2.69. The first-order valence-electron chi connectivity index (χ1n) is 9.32. The molecule has 0 bridgehead atoms. The van der Waals surface area contributed by atoms with Gasteiger partial charge in [-0.2, -0.15) is 0 Å². The Morgan fingerprint density at radius 1 is 1.00 bits per heavy atom. The number of rotatable bonds is 9. The van der Waals surface area contributed by atoms with Gasteiger partial charge in [0.05, 0.1) is 5.75 Å². The summed E-state index contributed by atoms with van der Waals surface area (Å²) in [5, 5.41) is 3.60. The highest BCUT2D eigenvalue weighted by Gasteiger charge is 2.26. The molecule has 0 spiro atoms. The Labute approximate surface area is 176 Å². The average Bonchev–Trinajstić information content (AvgIpc) is 2.67. The van der Waals surface area contributed by atoms with E-state index in [2.05, 4.69) is 5.32 Å². The number of hydrogen-bond acceptors (Lipinski definition) is 3. The summed E-state index contributed by atoms with van der Waals surface area (Å²) in [7, 11) is 0. The molecule has 2 aromatic rings. The molecular weight excluding hydrogens is 392 g/mol. The first-order valence-corrected chi connectivity index (χ1v) is 10.9. The molecule has 0 heterocycles. The first kappa shape index (κ1) is 22.3. The molecule has 28 heavy (non-hydrogen) atoms. The Morgan fingerprint density at radius 2 is 1.64 bits per heavy atom. The molecule has 1 unspecified atom stereocenters. The highest BCUT2D eigenvalue weighted by molar-refractivity contribution is 7.99. The fraction of sp³-hybridized carbons (Fsp3) is 0.364. The van der Waals surface area contributed by atoms with Gasteiger partial charge in [0.2, 0.25) is 11.8 Å². The number of amides is 2. The molecule has 2 aromatic carbocycles. The minimum Gasteiger partial charge on any atom is -0.352 e. The summed E-state index contributed by atoms with van der Waals surface area (Å²) in [6.07, 6.45) is 0. The zero-order valence-corrected chi connectivity index (χ0v) is 18.1. The quantitative estimate of drug-likeness (QED) is 0.651. The minimum absolute atomic E-state index is 0.0305. The molecule has 150 valence electrons.